The molecular formula is C12H16F3NO. The average molecular weight is 247 g/mol. The second-order valence-electron chi connectivity index (χ2n) is 3.61. The molecule has 1 aromatic rings. The lowest BCUT2D eigenvalue weighted by Gasteiger charge is -2.08. The predicted octanol–water partition coefficient (Wildman–Crippen LogP) is 2.72. The Hall–Kier alpha value is -1.07. The van der Waals surface area contributed by atoms with Crippen LogP contribution >= 0.6 is 0 Å². The van der Waals surface area contributed by atoms with Crippen LogP contribution in [0.1, 0.15) is 18.1 Å². The molecule has 17 heavy (non-hydrogen) atoms. The molecule has 1 rings (SSSR count). The molecule has 96 valence electrons. The van der Waals surface area contributed by atoms with Crippen LogP contribution in [-0.4, -0.2) is 19.6 Å². The average Bonchev–Trinajstić information content (AvgIpc) is 2.29. The van der Waals surface area contributed by atoms with Crippen molar-refractivity contribution in [2.45, 2.75) is 26.5 Å². The number of rotatable bonds is 7. The Bertz CT molecular complexity index is 345. The maximum Gasteiger partial charge on any atom is 0.261 e. The van der Waals surface area contributed by atoms with Crippen molar-refractivity contribution in [3.63, 3.8) is 0 Å². The number of ether oxygens (including phenoxy) is 1. The Kier molecular flexibility index (Phi) is 6.00. The summed E-state index contributed by atoms with van der Waals surface area (Å²) in [7, 11) is 0. The molecule has 0 saturated heterocycles. The van der Waals surface area contributed by atoms with Crippen molar-refractivity contribution < 1.29 is 17.9 Å². The normalized spacial score (nSPS) is 11.1. The van der Waals surface area contributed by atoms with Crippen LogP contribution in [0.2, 0.25) is 0 Å². The molecule has 0 aromatic heterocycles. The van der Waals surface area contributed by atoms with Crippen molar-refractivity contribution in [2.24, 2.45) is 0 Å². The maximum absolute atomic E-state index is 13.3. The first-order valence-electron chi connectivity index (χ1n) is 5.47. The first-order chi connectivity index (χ1) is 8.13. The Labute approximate surface area is 98.8 Å². The third-order valence-corrected chi connectivity index (χ3v) is 2.19. The molecule has 0 atom stereocenters. The van der Waals surface area contributed by atoms with Gasteiger partial charge in [-0.15, -0.1) is 0 Å². The summed E-state index contributed by atoms with van der Waals surface area (Å²) in [5.41, 5.74) is 1.21. The predicted molar refractivity (Wildman–Crippen MR) is 59.4 cm³/mol. The van der Waals surface area contributed by atoms with Gasteiger partial charge in [0.2, 0.25) is 0 Å². The zero-order valence-electron chi connectivity index (χ0n) is 9.68. The van der Waals surface area contributed by atoms with Crippen molar-refractivity contribution in [1.29, 1.82) is 0 Å². The highest BCUT2D eigenvalue weighted by molar-refractivity contribution is 5.24. The molecule has 0 aliphatic rings. The van der Waals surface area contributed by atoms with Crippen LogP contribution in [0, 0.1) is 5.82 Å². The molecule has 0 spiro atoms. The smallest absolute Gasteiger partial charge is 0.261 e. The molecule has 1 N–H and O–H groups in total. The van der Waals surface area contributed by atoms with Gasteiger partial charge in [0.05, 0.1) is 6.61 Å². The molecule has 0 aliphatic heterocycles. The van der Waals surface area contributed by atoms with Crippen LogP contribution in [0.15, 0.2) is 18.2 Å². The fraction of sp³-hybridized carbons (Fsp3) is 0.500. The summed E-state index contributed by atoms with van der Waals surface area (Å²) in [6.07, 6.45) is -2.52. The van der Waals surface area contributed by atoms with Crippen LogP contribution in [0.3, 0.4) is 0 Å². The van der Waals surface area contributed by atoms with E-state index in [0.29, 0.717) is 12.1 Å². The van der Waals surface area contributed by atoms with Gasteiger partial charge in [-0.05, 0) is 24.2 Å². The largest absolute Gasteiger partial charge is 0.371 e. The van der Waals surface area contributed by atoms with Crippen LogP contribution in [0.4, 0.5) is 13.2 Å². The number of benzene rings is 1. The molecule has 5 heteroatoms. The van der Waals surface area contributed by atoms with E-state index in [1.165, 1.54) is 6.07 Å². The monoisotopic (exact) mass is 247 g/mol. The third kappa shape index (κ3) is 5.19. The van der Waals surface area contributed by atoms with Gasteiger partial charge in [-0.25, -0.2) is 13.2 Å². The van der Waals surface area contributed by atoms with Crippen molar-refractivity contribution >= 4 is 0 Å². The Balaban J connectivity index is 2.56. The van der Waals surface area contributed by atoms with Gasteiger partial charge in [-0.1, -0.05) is 13.0 Å². The molecule has 2 nitrogen and oxygen atoms in total. The summed E-state index contributed by atoms with van der Waals surface area (Å²) in [6, 6.07) is 4.62. The molecular weight excluding hydrogens is 231 g/mol. The van der Waals surface area contributed by atoms with E-state index in [1.54, 1.807) is 12.1 Å². The fourth-order valence-corrected chi connectivity index (χ4v) is 1.38. The van der Waals surface area contributed by atoms with Gasteiger partial charge >= 0.3 is 0 Å². The molecule has 0 fully saturated rings. The zero-order chi connectivity index (χ0) is 12.7. The Morgan fingerprint density at radius 2 is 2.12 bits per heavy atom. The van der Waals surface area contributed by atoms with E-state index in [9.17, 15) is 13.2 Å². The van der Waals surface area contributed by atoms with Crippen molar-refractivity contribution in [3.05, 3.63) is 35.1 Å². The lowest BCUT2D eigenvalue weighted by molar-refractivity contribution is 0.00900. The van der Waals surface area contributed by atoms with E-state index in [-0.39, 0.29) is 6.61 Å². The number of alkyl halides is 2. The minimum Gasteiger partial charge on any atom is -0.371 e. The molecule has 0 heterocycles. The molecule has 0 aliphatic carbocycles. The summed E-state index contributed by atoms with van der Waals surface area (Å²) in [6.45, 7) is 2.61. The maximum atomic E-state index is 13.3. The summed E-state index contributed by atoms with van der Waals surface area (Å²) in [5.74, 6) is -0.431. The number of nitrogens with one attached hydrogen (secondary N) is 1. The fourth-order valence-electron chi connectivity index (χ4n) is 1.38. The number of halogens is 3. The summed E-state index contributed by atoms with van der Waals surface area (Å²) < 4.78 is 41.7. The van der Waals surface area contributed by atoms with E-state index < -0.39 is 18.8 Å². The van der Waals surface area contributed by atoms with Gasteiger partial charge < -0.3 is 10.1 Å². The summed E-state index contributed by atoms with van der Waals surface area (Å²) in [5, 5.41) is 3.10. The van der Waals surface area contributed by atoms with Crippen molar-refractivity contribution in [1.82, 2.24) is 5.32 Å². The van der Waals surface area contributed by atoms with Gasteiger partial charge in [-0.3, -0.25) is 0 Å². The first kappa shape index (κ1) is 14.0. The SMILES string of the molecule is CCNCc1ccc(F)c(COCC(F)F)c1. The van der Waals surface area contributed by atoms with E-state index >= 15 is 0 Å². The van der Waals surface area contributed by atoms with E-state index in [2.05, 4.69) is 5.32 Å². The highest BCUT2D eigenvalue weighted by Gasteiger charge is 2.06. The number of hydrogen-bond donors (Lipinski definition) is 1. The molecule has 1 aromatic carbocycles. The Morgan fingerprint density at radius 3 is 2.76 bits per heavy atom. The Morgan fingerprint density at radius 1 is 1.35 bits per heavy atom. The van der Waals surface area contributed by atoms with Gasteiger partial charge in [0, 0.05) is 12.1 Å². The molecule has 0 radical (unpaired) electrons. The highest BCUT2D eigenvalue weighted by Crippen LogP contribution is 2.12. The van der Waals surface area contributed by atoms with Gasteiger partial charge in [0.25, 0.3) is 6.43 Å². The third-order valence-electron chi connectivity index (χ3n) is 2.19. The van der Waals surface area contributed by atoms with Crippen molar-refractivity contribution in [2.75, 3.05) is 13.2 Å². The topological polar surface area (TPSA) is 21.3 Å². The minimum atomic E-state index is -2.52. The van der Waals surface area contributed by atoms with E-state index in [0.717, 1.165) is 12.1 Å². The van der Waals surface area contributed by atoms with Gasteiger partial charge in [-0.2, -0.15) is 0 Å². The zero-order valence-corrected chi connectivity index (χ0v) is 9.68. The lowest BCUT2D eigenvalue weighted by Crippen LogP contribution is -2.12. The molecule has 0 amide bonds. The first-order valence-corrected chi connectivity index (χ1v) is 5.47. The minimum absolute atomic E-state index is 0.129. The van der Waals surface area contributed by atoms with Crippen LogP contribution in [0.25, 0.3) is 0 Å². The lowest BCUT2D eigenvalue weighted by atomic mass is 10.1. The van der Waals surface area contributed by atoms with Gasteiger partial charge in [0.1, 0.15) is 12.4 Å². The van der Waals surface area contributed by atoms with Crippen LogP contribution in [-0.2, 0) is 17.9 Å². The summed E-state index contributed by atoms with van der Waals surface area (Å²) in [4.78, 5) is 0. The van der Waals surface area contributed by atoms with Gasteiger partial charge in [0.15, 0.2) is 0 Å². The van der Waals surface area contributed by atoms with Crippen LogP contribution < -0.4 is 5.32 Å². The number of hydrogen-bond acceptors (Lipinski definition) is 2. The van der Waals surface area contributed by atoms with E-state index in [1.807, 2.05) is 6.92 Å². The van der Waals surface area contributed by atoms with Crippen LogP contribution in [0.5, 0.6) is 0 Å². The molecule has 0 unspecified atom stereocenters. The van der Waals surface area contributed by atoms with E-state index in [4.69, 9.17) is 4.74 Å². The quantitative estimate of drug-likeness (QED) is 0.800. The standard InChI is InChI=1S/C12H16F3NO/c1-2-16-6-9-3-4-11(13)10(5-9)7-17-8-12(14)15/h3-5,12,16H,2,6-8H2,1H3. The molecule has 0 bridgehead atoms. The second kappa shape index (κ2) is 7.29. The second-order valence-corrected chi connectivity index (χ2v) is 3.61. The highest BCUT2D eigenvalue weighted by atomic mass is 19.3. The van der Waals surface area contributed by atoms with Crippen molar-refractivity contribution in [3.8, 4) is 0 Å². The molecule has 0 saturated carbocycles. The summed E-state index contributed by atoms with van der Waals surface area (Å²) >= 11 is 0.